The molecule has 1 aliphatic heterocycles. The molecule has 1 saturated heterocycles. The number of piperidine rings is 1. The maximum absolute atomic E-state index is 12.8. The van der Waals surface area contributed by atoms with Crippen molar-refractivity contribution in [1.29, 1.82) is 0 Å². The van der Waals surface area contributed by atoms with Gasteiger partial charge in [0.05, 0.1) is 6.20 Å². The molecule has 6 heteroatoms. The predicted octanol–water partition coefficient (Wildman–Crippen LogP) is 2.73. The van der Waals surface area contributed by atoms with E-state index in [1.807, 2.05) is 18.2 Å². The van der Waals surface area contributed by atoms with Gasteiger partial charge in [0.15, 0.2) is 5.76 Å². The first-order valence-corrected chi connectivity index (χ1v) is 8.84. The Hall–Kier alpha value is -1.66. The summed E-state index contributed by atoms with van der Waals surface area (Å²) in [5.74, 6) is 0.340. The molecule has 1 atom stereocenters. The molecule has 118 valence electrons. The molecule has 1 fully saturated rings. The maximum Gasteiger partial charge on any atom is 0.248 e. The maximum atomic E-state index is 12.8. The van der Waals surface area contributed by atoms with Crippen LogP contribution in [0.15, 0.2) is 45.9 Å². The minimum absolute atomic E-state index is 0.169. The summed E-state index contributed by atoms with van der Waals surface area (Å²) in [5, 5.41) is 3.60. The molecule has 1 aliphatic rings. The van der Waals surface area contributed by atoms with Crippen molar-refractivity contribution in [2.45, 2.75) is 37.0 Å². The van der Waals surface area contributed by atoms with Crippen LogP contribution in [0.3, 0.4) is 0 Å². The second-order valence-corrected chi connectivity index (χ2v) is 8.02. The van der Waals surface area contributed by atoms with Gasteiger partial charge in [-0.15, -0.1) is 0 Å². The molecule has 1 aromatic carbocycles. The number of rotatable bonds is 3. The zero-order valence-electron chi connectivity index (χ0n) is 12.8. The lowest BCUT2D eigenvalue weighted by Gasteiger charge is -2.40. The van der Waals surface area contributed by atoms with E-state index in [1.54, 1.807) is 11.2 Å². The van der Waals surface area contributed by atoms with Crippen molar-refractivity contribution >= 4 is 10.0 Å². The molecule has 2 aromatic rings. The Balaban J connectivity index is 1.92. The molecule has 0 spiro atoms. The molecule has 0 saturated carbocycles. The van der Waals surface area contributed by atoms with Gasteiger partial charge in [0.2, 0.25) is 10.0 Å². The number of sulfonamides is 1. The summed E-state index contributed by atoms with van der Waals surface area (Å²) in [6.45, 7) is 4.77. The summed E-state index contributed by atoms with van der Waals surface area (Å²) in [6.07, 6.45) is 3.11. The van der Waals surface area contributed by atoms with Gasteiger partial charge in [-0.25, -0.2) is 8.42 Å². The van der Waals surface area contributed by atoms with Crippen LogP contribution in [0.25, 0.3) is 0 Å². The highest BCUT2D eigenvalue weighted by molar-refractivity contribution is 7.89. The fraction of sp³-hybridized carbons (Fsp3) is 0.438. The highest BCUT2D eigenvalue weighted by Gasteiger charge is 2.39. The van der Waals surface area contributed by atoms with Crippen molar-refractivity contribution in [3.05, 3.63) is 47.9 Å². The number of hydrogen-bond acceptors (Lipinski definition) is 4. The lowest BCUT2D eigenvalue weighted by Crippen LogP contribution is -2.47. The summed E-state index contributed by atoms with van der Waals surface area (Å²) in [4.78, 5) is 0.171. The van der Waals surface area contributed by atoms with Gasteiger partial charge in [-0.05, 0) is 25.3 Å². The predicted molar refractivity (Wildman–Crippen MR) is 83.0 cm³/mol. The first kappa shape index (κ1) is 15.2. The van der Waals surface area contributed by atoms with Gasteiger partial charge in [-0.3, -0.25) is 0 Å². The van der Waals surface area contributed by atoms with Gasteiger partial charge in [-0.2, -0.15) is 4.31 Å². The van der Waals surface area contributed by atoms with Gasteiger partial charge < -0.3 is 4.52 Å². The van der Waals surface area contributed by atoms with Gasteiger partial charge in [0.25, 0.3) is 0 Å². The SMILES string of the molecule is Cc1oncc1S(=O)(=O)N1CCC[C@](C)(c2ccccc2)C1. The van der Waals surface area contributed by atoms with E-state index < -0.39 is 10.0 Å². The van der Waals surface area contributed by atoms with E-state index in [2.05, 4.69) is 24.2 Å². The van der Waals surface area contributed by atoms with Crippen LogP contribution in [0.5, 0.6) is 0 Å². The molecule has 3 rings (SSSR count). The summed E-state index contributed by atoms with van der Waals surface area (Å²) < 4.78 is 32.1. The van der Waals surface area contributed by atoms with E-state index in [1.165, 1.54) is 11.8 Å². The third-order valence-corrected chi connectivity index (χ3v) is 6.40. The Morgan fingerprint density at radius 2 is 2.00 bits per heavy atom. The highest BCUT2D eigenvalue weighted by Crippen LogP contribution is 2.36. The van der Waals surface area contributed by atoms with Crippen LogP contribution >= 0.6 is 0 Å². The van der Waals surface area contributed by atoms with Gasteiger partial charge in [0.1, 0.15) is 4.90 Å². The zero-order valence-corrected chi connectivity index (χ0v) is 13.6. The summed E-state index contributed by atoms with van der Waals surface area (Å²) in [5.41, 5.74) is 1.01. The average Bonchev–Trinajstić information content (AvgIpc) is 2.95. The smallest absolute Gasteiger partial charge is 0.248 e. The second kappa shape index (κ2) is 5.52. The molecule has 22 heavy (non-hydrogen) atoms. The molecule has 1 aromatic heterocycles. The lowest BCUT2D eigenvalue weighted by molar-refractivity contribution is 0.240. The topological polar surface area (TPSA) is 63.4 Å². The Bertz CT molecular complexity index is 755. The second-order valence-electron chi connectivity index (χ2n) is 6.12. The van der Waals surface area contributed by atoms with Crippen LogP contribution in [-0.2, 0) is 15.4 Å². The molecular weight excluding hydrogens is 300 g/mol. The van der Waals surface area contributed by atoms with Gasteiger partial charge in [-0.1, -0.05) is 42.4 Å². The Morgan fingerprint density at radius 3 is 2.64 bits per heavy atom. The Morgan fingerprint density at radius 1 is 1.27 bits per heavy atom. The highest BCUT2D eigenvalue weighted by atomic mass is 32.2. The molecule has 0 unspecified atom stereocenters. The zero-order chi connectivity index (χ0) is 15.8. The van der Waals surface area contributed by atoms with Crippen LogP contribution in [0.2, 0.25) is 0 Å². The monoisotopic (exact) mass is 320 g/mol. The number of aromatic nitrogens is 1. The van der Waals surface area contributed by atoms with E-state index >= 15 is 0 Å². The fourth-order valence-electron chi connectivity index (χ4n) is 3.15. The molecular formula is C16H20N2O3S. The summed E-state index contributed by atoms with van der Waals surface area (Å²) in [6, 6.07) is 10.1. The van der Waals surface area contributed by atoms with E-state index in [4.69, 9.17) is 4.52 Å². The molecule has 0 radical (unpaired) electrons. The number of hydrogen-bond donors (Lipinski definition) is 0. The third-order valence-electron chi connectivity index (χ3n) is 4.46. The van der Waals surface area contributed by atoms with Crippen molar-refractivity contribution in [1.82, 2.24) is 9.46 Å². The Kier molecular flexibility index (Phi) is 3.82. The molecule has 0 bridgehead atoms. The molecule has 0 amide bonds. The summed E-state index contributed by atoms with van der Waals surface area (Å²) >= 11 is 0. The Labute approximate surface area is 131 Å². The third kappa shape index (κ3) is 2.57. The van der Waals surface area contributed by atoms with Crippen LogP contribution in [0, 0.1) is 6.92 Å². The van der Waals surface area contributed by atoms with Crippen LogP contribution in [0.1, 0.15) is 31.1 Å². The van der Waals surface area contributed by atoms with E-state index in [-0.39, 0.29) is 10.3 Å². The lowest BCUT2D eigenvalue weighted by atomic mass is 9.77. The van der Waals surface area contributed by atoms with Crippen molar-refractivity contribution in [3.63, 3.8) is 0 Å². The number of nitrogens with zero attached hydrogens (tertiary/aromatic N) is 2. The van der Waals surface area contributed by atoms with Gasteiger partial charge in [0, 0.05) is 18.5 Å². The standard InChI is InChI=1S/C16H20N2O3S/c1-13-15(11-17-21-13)22(19,20)18-10-6-9-16(2,12-18)14-7-4-3-5-8-14/h3-5,7-8,11H,6,9-10,12H2,1-2H3/t16-/m0/s1. The normalized spacial score (nSPS) is 23.5. The van der Waals surface area contributed by atoms with Gasteiger partial charge >= 0.3 is 0 Å². The molecule has 2 heterocycles. The number of benzene rings is 1. The largest absolute Gasteiger partial charge is 0.360 e. The van der Waals surface area contributed by atoms with Crippen LogP contribution in [-0.4, -0.2) is 31.0 Å². The van der Waals surface area contributed by atoms with Crippen molar-refractivity contribution in [2.75, 3.05) is 13.1 Å². The van der Waals surface area contributed by atoms with Crippen LogP contribution in [0.4, 0.5) is 0 Å². The summed E-state index contributed by atoms with van der Waals surface area (Å²) in [7, 11) is -3.55. The van der Waals surface area contributed by atoms with Crippen molar-refractivity contribution in [2.24, 2.45) is 0 Å². The van der Waals surface area contributed by atoms with E-state index in [0.717, 1.165) is 12.8 Å². The molecule has 0 aliphatic carbocycles. The average molecular weight is 320 g/mol. The minimum Gasteiger partial charge on any atom is -0.360 e. The van der Waals surface area contributed by atoms with Crippen molar-refractivity contribution in [3.8, 4) is 0 Å². The van der Waals surface area contributed by atoms with E-state index in [0.29, 0.717) is 18.8 Å². The first-order chi connectivity index (χ1) is 10.4. The quantitative estimate of drug-likeness (QED) is 0.872. The first-order valence-electron chi connectivity index (χ1n) is 7.40. The fourth-order valence-corrected chi connectivity index (χ4v) is 4.83. The molecule has 0 N–H and O–H groups in total. The minimum atomic E-state index is -3.55. The van der Waals surface area contributed by atoms with E-state index in [9.17, 15) is 8.42 Å². The number of aryl methyl sites for hydroxylation is 1. The van der Waals surface area contributed by atoms with Crippen molar-refractivity contribution < 1.29 is 12.9 Å². The molecule has 5 nitrogen and oxygen atoms in total. The van der Waals surface area contributed by atoms with Crippen LogP contribution < -0.4 is 0 Å².